The molecule has 6 heteroatoms. The minimum absolute atomic E-state index is 0.0207. The fraction of sp³-hybridized carbons (Fsp3) is 1.00. The van der Waals surface area contributed by atoms with Crippen LogP contribution in [-0.2, 0) is 18.2 Å². The average molecular weight is 292 g/mol. The smallest absolute Gasteiger partial charge is 0.210 e. The van der Waals surface area contributed by atoms with E-state index >= 15 is 0 Å². The van der Waals surface area contributed by atoms with Crippen LogP contribution in [0, 0.1) is 5.92 Å². The van der Waals surface area contributed by atoms with E-state index in [1.165, 1.54) is 0 Å². The largest absolute Gasteiger partial charge is 0.329 e. The molecule has 0 aromatic carbocycles. The van der Waals surface area contributed by atoms with Gasteiger partial charge >= 0.3 is 0 Å². The quantitative estimate of drug-likeness (QED) is 0.744. The van der Waals surface area contributed by atoms with E-state index in [1.807, 2.05) is 13.8 Å². The first kappa shape index (κ1) is 13.4. The van der Waals surface area contributed by atoms with E-state index in [9.17, 15) is 9.13 Å². The van der Waals surface area contributed by atoms with E-state index in [-0.39, 0.29) is 17.0 Å². The average Bonchev–Trinajstić information content (AvgIpc) is 2.89. The number of hydrogen-bond donors (Lipinski definition) is 0. The van der Waals surface area contributed by atoms with Crippen LogP contribution in [-0.4, -0.2) is 36.4 Å². The van der Waals surface area contributed by atoms with Gasteiger partial charge in [-0.3, -0.25) is 9.13 Å². The SMILES string of the molecule is CCOP1(=O)CCC2C1C1CCC2P1(=O)OCC. The minimum Gasteiger partial charge on any atom is -0.329 e. The topological polar surface area (TPSA) is 52.6 Å². The molecule has 0 aromatic heterocycles. The number of hydrogen-bond acceptors (Lipinski definition) is 4. The molecule has 6 atom stereocenters. The van der Waals surface area contributed by atoms with Crippen LogP contribution in [0.5, 0.6) is 0 Å². The summed E-state index contributed by atoms with van der Waals surface area (Å²) in [5.74, 6) is 0.332. The zero-order chi connectivity index (χ0) is 13.0. The Bertz CT molecular complexity index is 436. The summed E-state index contributed by atoms with van der Waals surface area (Å²) in [4.78, 5) is 0. The molecule has 2 bridgehead atoms. The predicted octanol–water partition coefficient (Wildman–Crippen LogP) is 3.55. The van der Waals surface area contributed by atoms with E-state index in [4.69, 9.17) is 9.05 Å². The van der Waals surface area contributed by atoms with Gasteiger partial charge in [0, 0.05) is 17.5 Å². The maximum atomic E-state index is 13.0. The van der Waals surface area contributed by atoms with Crippen molar-refractivity contribution in [3.8, 4) is 0 Å². The molecule has 0 spiro atoms. The van der Waals surface area contributed by atoms with Gasteiger partial charge in [0.2, 0.25) is 14.7 Å². The second-order valence-corrected chi connectivity index (χ2v) is 11.2. The third kappa shape index (κ3) is 1.59. The minimum atomic E-state index is -2.57. The summed E-state index contributed by atoms with van der Waals surface area (Å²) in [7, 11) is -5.15. The molecule has 0 aromatic rings. The summed E-state index contributed by atoms with van der Waals surface area (Å²) in [6.07, 6.45) is 3.52. The van der Waals surface area contributed by atoms with Gasteiger partial charge in [-0.05, 0) is 39.0 Å². The number of rotatable bonds is 4. The van der Waals surface area contributed by atoms with Gasteiger partial charge in [-0.1, -0.05) is 0 Å². The molecular weight excluding hydrogens is 270 g/mol. The highest BCUT2D eigenvalue weighted by Gasteiger charge is 2.69. The lowest BCUT2D eigenvalue weighted by atomic mass is 9.87. The standard InChI is InChI=1S/C12H22O4P2/c1-3-15-17(13)8-7-9-10-5-6-11(12(9)17)18(10,14)16-4-2/h9-12H,3-8H2,1-2H3. The van der Waals surface area contributed by atoms with Crippen LogP contribution >= 0.6 is 14.7 Å². The third-order valence-corrected chi connectivity index (χ3v) is 12.1. The zero-order valence-corrected chi connectivity index (χ0v) is 12.9. The molecule has 0 N–H and O–H groups in total. The first-order valence-electron chi connectivity index (χ1n) is 7.04. The Labute approximate surface area is 109 Å². The molecule has 3 fully saturated rings. The Morgan fingerprint density at radius 1 is 1.00 bits per heavy atom. The fourth-order valence-corrected chi connectivity index (χ4v) is 12.9. The van der Waals surface area contributed by atoms with Crippen molar-refractivity contribution in [2.75, 3.05) is 19.4 Å². The molecule has 0 amide bonds. The van der Waals surface area contributed by atoms with E-state index in [2.05, 4.69) is 0 Å². The number of fused-ring (bicyclic) bond motifs is 5. The summed E-state index contributed by atoms with van der Waals surface area (Å²) < 4.78 is 37.2. The van der Waals surface area contributed by atoms with Crippen molar-refractivity contribution < 1.29 is 18.2 Å². The lowest BCUT2D eigenvalue weighted by molar-refractivity contribution is 0.319. The Hall–Kier alpha value is 0.380. The molecule has 18 heavy (non-hydrogen) atoms. The van der Waals surface area contributed by atoms with Gasteiger partial charge in [-0.2, -0.15) is 0 Å². The van der Waals surface area contributed by atoms with Gasteiger partial charge in [-0.15, -0.1) is 0 Å². The molecular formula is C12H22O4P2. The van der Waals surface area contributed by atoms with Gasteiger partial charge < -0.3 is 9.05 Å². The predicted molar refractivity (Wildman–Crippen MR) is 72.0 cm³/mol. The molecule has 3 aliphatic heterocycles. The maximum Gasteiger partial charge on any atom is 0.210 e. The Morgan fingerprint density at radius 3 is 2.33 bits per heavy atom. The summed E-state index contributed by atoms with van der Waals surface area (Å²) in [5.41, 5.74) is 0.227. The van der Waals surface area contributed by atoms with Crippen LogP contribution in [0.15, 0.2) is 0 Å². The van der Waals surface area contributed by atoms with Gasteiger partial charge in [0.25, 0.3) is 0 Å². The monoisotopic (exact) mass is 292 g/mol. The van der Waals surface area contributed by atoms with E-state index in [1.54, 1.807) is 0 Å². The summed E-state index contributed by atoms with van der Waals surface area (Å²) >= 11 is 0. The maximum absolute atomic E-state index is 13.0. The van der Waals surface area contributed by atoms with Crippen molar-refractivity contribution >= 4 is 14.7 Å². The van der Waals surface area contributed by atoms with Gasteiger partial charge in [0.15, 0.2) is 0 Å². The van der Waals surface area contributed by atoms with Gasteiger partial charge in [-0.25, -0.2) is 0 Å². The molecule has 0 radical (unpaired) electrons. The molecule has 3 aliphatic rings. The van der Waals surface area contributed by atoms with E-state index in [0.29, 0.717) is 25.3 Å². The van der Waals surface area contributed by atoms with Crippen molar-refractivity contribution in [3.05, 3.63) is 0 Å². The lowest BCUT2D eigenvalue weighted by Gasteiger charge is -2.27. The van der Waals surface area contributed by atoms with Crippen LogP contribution in [0.4, 0.5) is 0 Å². The van der Waals surface area contributed by atoms with E-state index in [0.717, 1.165) is 19.3 Å². The van der Waals surface area contributed by atoms with Crippen molar-refractivity contribution in [2.24, 2.45) is 5.92 Å². The molecule has 4 nitrogen and oxygen atoms in total. The molecule has 3 heterocycles. The van der Waals surface area contributed by atoms with Gasteiger partial charge in [0.1, 0.15) is 0 Å². The zero-order valence-electron chi connectivity index (χ0n) is 11.1. The van der Waals surface area contributed by atoms with Crippen molar-refractivity contribution in [1.29, 1.82) is 0 Å². The van der Waals surface area contributed by atoms with Crippen molar-refractivity contribution in [3.63, 3.8) is 0 Å². The highest BCUT2D eigenvalue weighted by Crippen LogP contribution is 2.82. The van der Waals surface area contributed by atoms with Crippen molar-refractivity contribution in [2.45, 2.75) is 50.1 Å². The third-order valence-electron chi connectivity index (χ3n) is 4.92. The fourth-order valence-electron chi connectivity index (χ4n) is 4.48. The molecule has 3 rings (SSSR count). The first-order chi connectivity index (χ1) is 8.57. The highest BCUT2D eigenvalue weighted by molar-refractivity contribution is 7.66. The lowest BCUT2D eigenvalue weighted by Crippen LogP contribution is -2.27. The summed E-state index contributed by atoms with van der Waals surface area (Å²) in [6.45, 7) is 4.79. The van der Waals surface area contributed by atoms with Crippen LogP contribution < -0.4 is 0 Å². The second kappa shape index (κ2) is 4.45. The molecule has 0 saturated carbocycles. The Balaban J connectivity index is 1.94. The van der Waals surface area contributed by atoms with Crippen molar-refractivity contribution in [1.82, 2.24) is 0 Å². The molecule has 6 unspecified atom stereocenters. The van der Waals surface area contributed by atoms with E-state index < -0.39 is 14.7 Å². The highest BCUT2D eigenvalue weighted by atomic mass is 31.2. The molecule has 3 saturated heterocycles. The summed E-state index contributed by atoms with van der Waals surface area (Å²) in [6, 6.07) is 0. The Morgan fingerprint density at radius 2 is 1.67 bits per heavy atom. The molecule has 0 aliphatic carbocycles. The van der Waals surface area contributed by atoms with Crippen LogP contribution in [0.1, 0.15) is 33.1 Å². The first-order valence-corrected chi connectivity index (χ1v) is 10.7. The van der Waals surface area contributed by atoms with Crippen LogP contribution in [0.25, 0.3) is 0 Å². The summed E-state index contributed by atoms with van der Waals surface area (Å²) in [5, 5.41) is 0. The van der Waals surface area contributed by atoms with Crippen LogP contribution in [0.3, 0.4) is 0 Å². The van der Waals surface area contributed by atoms with Crippen LogP contribution in [0.2, 0.25) is 0 Å². The normalized spacial score (nSPS) is 53.9. The second-order valence-electron chi connectivity index (χ2n) is 5.59. The molecule has 104 valence electrons. The Kier molecular flexibility index (Phi) is 3.30. The van der Waals surface area contributed by atoms with Gasteiger partial charge in [0.05, 0.1) is 18.9 Å².